The van der Waals surface area contributed by atoms with Crippen molar-refractivity contribution in [1.82, 2.24) is 4.57 Å². The Labute approximate surface area is 135 Å². The molecule has 0 saturated carbocycles. The Morgan fingerprint density at radius 3 is 2.35 bits per heavy atom. The second kappa shape index (κ2) is 6.79. The fraction of sp³-hybridized carbons (Fsp3) is 0.0500. The third kappa shape index (κ3) is 3.40. The lowest BCUT2D eigenvalue weighted by Gasteiger charge is -2.04. The molecule has 0 bridgehead atoms. The topological polar surface area (TPSA) is 31.2 Å². The van der Waals surface area contributed by atoms with Gasteiger partial charge in [0.15, 0.2) is 5.78 Å². The summed E-state index contributed by atoms with van der Waals surface area (Å²) in [5.41, 5.74) is 2.57. The summed E-state index contributed by atoms with van der Waals surface area (Å²) >= 11 is 0. The maximum atomic E-state index is 12.3. The fourth-order valence-corrected chi connectivity index (χ4v) is 2.37. The molecule has 0 saturated heterocycles. The van der Waals surface area contributed by atoms with E-state index < -0.39 is 0 Å². The molecule has 3 rings (SSSR count). The normalized spacial score (nSPS) is 10.8. The molecular formula is C20H17NO2. The van der Waals surface area contributed by atoms with Gasteiger partial charge in [0.1, 0.15) is 5.75 Å². The van der Waals surface area contributed by atoms with Gasteiger partial charge in [-0.25, -0.2) is 0 Å². The molecule has 0 radical (unpaired) electrons. The number of allylic oxidation sites excluding steroid dienone is 1. The fourth-order valence-electron chi connectivity index (χ4n) is 2.37. The number of aromatic nitrogens is 1. The maximum Gasteiger partial charge on any atom is 0.185 e. The van der Waals surface area contributed by atoms with Crippen molar-refractivity contribution in [2.75, 3.05) is 7.11 Å². The van der Waals surface area contributed by atoms with E-state index in [-0.39, 0.29) is 5.78 Å². The van der Waals surface area contributed by atoms with Crippen LogP contribution in [0.15, 0.2) is 79.1 Å². The van der Waals surface area contributed by atoms with Gasteiger partial charge < -0.3 is 9.30 Å². The van der Waals surface area contributed by atoms with Crippen molar-refractivity contribution >= 4 is 11.9 Å². The highest BCUT2D eigenvalue weighted by Crippen LogP contribution is 2.19. The smallest absolute Gasteiger partial charge is 0.185 e. The third-order valence-electron chi connectivity index (χ3n) is 3.61. The summed E-state index contributed by atoms with van der Waals surface area (Å²) in [7, 11) is 1.62. The minimum atomic E-state index is -0.0324. The molecular weight excluding hydrogens is 286 g/mol. The monoisotopic (exact) mass is 303 g/mol. The predicted molar refractivity (Wildman–Crippen MR) is 92.1 cm³/mol. The summed E-state index contributed by atoms with van der Waals surface area (Å²) in [6, 6.07) is 19.1. The summed E-state index contributed by atoms with van der Waals surface area (Å²) in [5, 5.41) is 0. The highest BCUT2D eigenvalue weighted by molar-refractivity contribution is 6.07. The summed E-state index contributed by atoms with van der Waals surface area (Å²) < 4.78 is 7.27. The largest absolute Gasteiger partial charge is 0.496 e. The van der Waals surface area contributed by atoms with E-state index in [4.69, 9.17) is 4.74 Å². The van der Waals surface area contributed by atoms with Crippen LogP contribution < -0.4 is 4.74 Å². The van der Waals surface area contributed by atoms with Crippen molar-refractivity contribution in [2.45, 2.75) is 0 Å². The van der Waals surface area contributed by atoms with Gasteiger partial charge in [-0.1, -0.05) is 18.2 Å². The van der Waals surface area contributed by atoms with Crippen molar-refractivity contribution in [1.29, 1.82) is 0 Å². The summed E-state index contributed by atoms with van der Waals surface area (Å²) in [5.74, 6) is 0.717. The summed E-state index contributed by atoms with van der Waals surface area (Å²) in [6.07, 6.45) is 7.29. The highest BCUT2D eigenvalue weighted by atomic mass is 16.5. The standard InChI is InChI=1S/C20H17NO2/c1-23-20-7-3-2-6-17(20)10-13-19(22)16-8-11-18(12-9-16)21-14-4-5-15-21/h2-15H,1H3/b13-10+. The van der Waals surface area contributed by atoms with Gasteiger partial charge in [0.2, 0.25) is 0 Å². The van der Waals surface area contributed by atoms with Crippen molar-refractivity contribution in [3.8, 4) is 11.4 Å². The van der Waals surface area contributed by atoms with E-state index in [1.165, 1.54) is 0 Å². The first-order valence-corrected chi connectivity index (χ1v) is 7.37. The van der Waals surface area contributed by atoms with Crippen molar-refractivity contribution < 1.29 is 9.53 Å². The van der Waals surface area contributed by atoms with Crippen molar-refractivity contribution in [3.63, 3.8) is 0 Å². The third-order valence-corrected chi connectivity index (χ3v) is 3.61. The Bertz CT molecular complexity index is 815. The Kier molecular flexibility index (Phi) is 4.39. The van der Waals surface area contributed by atoms with E-state index >= 15 is 0 Å². The Hall–Kier alpha value is -3.07. The van der Waals surface area contributed by atoms with Gasteiger partial charge in [-0.15, -0.1) is 0 Å². The van der Waals surface area contributed by atoms with Crippen LogP contribution in [0.5, 0.6) is 5.75 Å². The summed E-state index contributed by atoms with van der Waals surface area (Å²) in [6.45, 7) is 0. The van der Waals surface area contributed by atoms with Crippen LogP contribution in [0.3, 0.4) is 0 Å². The number of hydrogen-bond donors (Lipinski definition) is 0. The number of carbonyl (C=O) groups is 1. The van der Waals surface area contributed by atoms with Gasteiger partial charge in [0, 0.05) is 29.2 Å². The molecule has 3 aromatic rings. The molecule has 0 amide bonds. The van der Waals surface area contributed by atoms with E-state index in [1.807, 2.05) is 77.6 Å². The lowest BCUT2D eigenvalue weighted by atomic mass is 10.1. The van der Waals surface area contributed by atoms with Gasteiger partial charge in [0.25, 0.3) is 0 Å². The number of para-hydroxylation sites is 1. The number of ketones is 1. The van der Waals surface area contributed by atoms with Crippen molar-refractivity contribution in [3.05, 3.63) is 90.3 Å². The second-order valence-electron chi connectivity index (χ2n) is 5.08. The Morgan fingerprint density at radius 1 is 0.957 bits per heavy atom. The molecule has 1 aromatic heterocycles. The van der Waals surface area contributed by atoms with Crippen LogP contribution in [0.2, 0.25) is 0 Å². The van der Waals surface area contributed by atoms with E-state index in [0.29, 0.717) is 5.56 Å². The predicted octanol–water partition coefficient (Wildman–Crippen LogP) is 4.38. The molecule has 0 spiro atoms. The van der Waals surface area contributed by atoms with Gasteiger partial charge >= 0.3 is 0 Å². The molecule has 114 valence electrons. The zero-order valence-electron chi connectivity index (χ0n) is 12.8. The van der Waals surface area contributed by atoms with Gasteiger partial charge in [-0.3, -0.25) is 4.79 Å². The number of benzene rings is 2. The summed E-state index contributed by atoms with van der Waals surface area (Å²) in [4.78, 5) is 12.3. The quantitative estimate of drug-likeness (QED) is 0.517. The molecule has 0 atom stereocenters. The molecule has 3 nitrogen and oxygen atoms in total. The number of carbonyl (C=O) groups excluding carboxylic acids is 1. The Balaban J connectivity index is 1.77. The first kappa shape index (κ1) is 14.9. The van der Waals surface area contributed by atoms with E-state index in [0.717, 1.165) is 17.0 Å². The molecule has 0 aliphatic rings. The molecule has 0 aliphatic heterocycles. The van der Waals surface area contributed by atoms with Crippen molar-refractivity contribution in [2.24, 2.45) is 0 Å². The Morgan fingerprint density at radius 2 is 1.65 bits per heavy atom. The van der Waals surface area contributed by atoms with E-state index in [9.17, 15) is 4.79 Å². The van der Waals surface area contributed by atoms with Gasteiger partial charge in [0.05, 0.1) is 7.11 Å². The molecule has 0 unspecified atom stereocenters. The average molecular weight is 303 g/mol. The van der Waals surface area contributed by atoms with Crippen LogP contribution >= 0.6 is 0 Å². The molecule has 0 fully saturated rings. The molecule has 23 heavy (non-hydrogen) atoms. The van der Waals surface area contributed by atoms with E-state index in [2.05, 4.69) is 0 Å². The van der Waals surface area contributed by atoms with Crippen LogP contribution in [-0.2, 0) is 0 Å². The average Bonchev–Trinajstić information content (AvgIpc) is 3.14. The number of rotatable bonds is 5. The van der Waals surface area contributed by atoms with Crippen LogP contribution in [0.25, 0.3) is 11.8 Å². The van der Waals surface area contributed by atoms with Crippen LogP contribution in [0.4, 0.5) is 0 Å². The first-order valence-electron chi connectivity index (χ1n) is 7.37. The molecule has 0 aliphatic carbocycles. The SMILES string of the molecule is COc1ccccc1/C=C/C(=O)c1ccc(-n2cccc2)cc1. The second-order valence-corrected chi connectivity index (χ2v) is 5.08. The number of hydrogen-bond acceptors (Lipinski definition) is 2. The van der Waals surface area contributed by atoms with E-state index in [1.54, 1.807) is 19.3 Å². The molecule has 3 heteroatoms. The lowest BCUT2D eigenvalue weighted by molar-refractivity contribution is 0.104. The minimum Gasteiger partial charge on any atom is -0.496 e. The number of methoxy groups -OCH3 is 1. The minimum absolute atomic E-state index is 0.0324. The molecule has 2 aromatic carbocycles. The molecule has 0 N–H and O–H groups in total. The van der Waals surface area contributed by atoms with Crippen LogP contribution in [0.1, 0.15) is 15.9 Å². The zero-order chi connectivity index (χ0) is 16.1. The first-order chi connectivity index (χ1) is 11.3. The highest BCUT2D eigenvalue weighted by Gasteiger charge is 2.03. The van der Waals surface area contributed by atoms with Gasteiger partial charge in [-0.05, 0) is 54.6 Å². The number of nitrogens with zero attached hydrogens (tertiary/aromatic N) is 1. The molecule has 1 heterocycles. The van der Waals surface area contributed by atoms with Crippen LogP contribution in [0, 0.1) is 0 Å². The number of ether oxygens (including phenoxy) is 1. The van der Waals surface area contributed by atoms with Crippen LogP contribution in [-0.4, -0.2) is 17.5 Å². The lowest BCUT2D eigenvalue weighted by Crippen LogP contribution is -1.96. The zero-order valence-corrected chi connectivity index (χ0v) is 12.8. The maximum absolute atomic E-state index is 12.3. The van der Waals surface area contributed by atoms with Gasteiger partial charge in [-0.2, -0.15) is 0 Å².